The number of aryl methyl sites for hydroxylation is 1. The molecule has 0 radical (unpaired) electrons. The minimum Gasteiger partial charge on any atom is -0.356 e. The molecule has 4 nitrogen and oxygen atoms in total. The SMILES string of the molecule is O=C(Cc1ccccc1F)NCCCn1ccnc1. The summed E-state index contributed by atoms with van der Waals surface area (Å²) in [6, 6.07) is 6.33. The first-order valence-corrected chi connectivity index (χ1v) is 6.21. The number of hydrogen-bond donors (Lipinski definition) is 1. The number of hydrogen-bond acceptors (Lipinski definition) is 2. The first-order valence-electron chi connectivity index (χ1n) is 6.21. The predicted molar refractivity (Wildman–Crippen MR) is 70.0 cm³/mol. The first kappa shape index (κ1) is 13.3. The number of nitrogens with one attached hydrogen (secondary N) is 1. The largest absolute Gasteiger partial charge is 0.356 e. The van der Waals surface area contributed by atoms with E-state index in [9.17, 15) is 9.18 Å². The quantitative estimate of drug-likeness (QED) is 0.806. The van der Waals surface area contributed by atoms with E-state index in [2.05, 4.69) is 10.3 Å². The second kappa shape index (κ2) is 6.68. The molecule has 0 saturated heterocycles. The van der Waals surface area contributed by atoms with E-state index < -0.39 is 0 Å². The molecule has 0 aliphatic heterocycles. The molecule has 0 atom stereocenters. The van der Waals surface area contributed by atoms with Crippen molar-refractivity contribution in [2.75, 3.05) is 6.54 Å². The van der Waals surface area contributed by atoms with Gasteiger partial charge in [0.1, 0.15) is 5.82 Å². The molecule has 2 aromatic rings. The summed E-state index contributed by atoms with van der Waals surface area (Å²) in [4.78, 5) is 15.6. The van der Waals surface area contributed by atoms with Gasteiger partial charge in [0.05, 0.1) is 12.7 Å². The minimum atomic E-state index is -0.337. The van der Waals surface area contributed by atoms with Gasteiger partial charge in [-0.25, -0.2) is 9.37 Å². The molecule has 1 N–H and O–H groups in total. The fourth-order valence-electron chi connectivity index (χ4n) is 1.79. The van der Waals surface area contributed by atoms with E-state index in [0.29, 0.717) is 12.1 Å². The summed E-state index contributed by atoms with van der Waals surface area (Å²) in [5.41, 5.74) is 0.426. The minimum absolute atomic E-state index is 0.0811. The smallest absolute Gasteiger partial charge is 0.224 e. The zero-order valence-corrected chi connectivity index (χ0v) is 10.6. The molecule has 0 saturated carbocycles. The van der Waals surface area contributed by atoms with Gasteiger partial charge in [0.25, 0.3) is 0 Å². The van der Waals surface area contributed by atoms with Crippen molar-refractivity contribution in [2.45, 2.75) is 19.4 Å². The van der Waals surface area contributed by atoms with Gasteiger partial charge in [0.2, 0.25) is 5.91 Å². The van der Waals surface area contributed by atoms with E-state index in [1.54, 1.807) is 30.7 Å². The van der Waals surface area contributed by atoms with Gasteiger partial charge in [-0.1, -0.05) is 18.2 Å². The number of amides is 1. The number of carbonyl (C=O) groups is 1. The van der Waals surface area contributed by atoms with Crippen LogP contribution in [0, 0.1) is 5.82 Å². The number of rotatable bonds is 6. The molecular weight excluding hydrogens is 245 g/mol. The molecule has 0 aliphatic carbocycles. The van der Waals surface area contributed by atoms with Gasteiger partial charge in [-0.05, 0) is 18.1 Å². The number of aromatic nitrogens is 2. The fourth-order valence-corrected chi connectivity index (χ4v) is 1.79. The van der Waals surface area contributed by atoms with Crippen LogP contribution in [0.5, 0.6) is 0 Å². The highest BCUT2D eigenvalue weighted by Gasteiger charge is 2.06. The highest BCUT2D eigenvalue weighted by molar-refractivity contribution is 5.78. The van der Waals surface area contributed by atoms with Crippen molar-refractivity contribution in [3.8, 4) is 0 Å². The van der Waals surface area contributed by atoms with Crippen LogP contribution in [0.1, 0.15) is 12.0 Å². The normalized spacial score (nSPS) is 10.4. The van der Waals surface area contributed by atoms with Crippen molar-refractivity contribution < 1.29 is 9.18 Å². The second-order valence-electron chi connectivity index (χ2n) is 4.27. The lowest BCUT2D eigenvalue weighted by molar-refractivity contribution is -0.120. The average molecular weight is 261 g/mol. The number of halogens is 1. The maximum Gasteiger partial charge on any atom is 0.224 e. The molecular formula is C14H16FN3O. The van der Waals surface area contributed by atoms with Crippen LogP contribution in [0.2, 0.25) is 0 Å². The Morgan fingerprint density at radius 2 is 2.21 bits per heavy atom. The zero-order valence-electron chi connectivity index (χ0n) is 10.6. The fraction of sp³-hybridized carbons (Fsp3) is 0.286. The second-order valence-corrected chi connectivity index (χ2v) is 4.27. The lowest BCUT2D eigenvalue weighted by Gasteiger charge is -2.06. The summed E-state index contributed by atoms with van der Waals surface area (Å²) >= 11 is 0. The van der Waals surface area contributed by atoms with Crippen LogP contribution >= 0.6 is 0 Å². The summed E-state index contributed by atoms with van der Waals surface area (Å²) < 4.78 is 15.3. The molecule has 1 aromatic carbocycles. The molecule has 0 fully saturated rings. The molecule has 2 rings (SSSR count). The van der Waals surface area contributed by atoms with Crippen molar-refractivity contribution in [1.82, 2.24) is 14.9 Å². The summed E-state index contributed by atoms with van der Waals surface area (Å²) in [6.07, 6.45) is 6.23. The monoisotopic (exact) mass is 261 g/mol. The summed E-state index contributed by atoms with van der Waals surface area (Å²) in [6.45, 7) is 1.38. The van der Waals surface area contributed by atoms with Crippen molar-refractivity contribution in [2.24, 2.45) is 0 Å². The van der Waals surface area contributed by atoms with Crippen molar-refractivity contribution in [1.29, 1.82) is 0 Å². The Hall–Kier alpha value is -2.17. The van der Waals surface area contributed by atoms with Gasteiger partial charge in [-0.3, -0.25) is 4.79 Å². The van der Waals surface area contributed by atoms with Crippen LogP contribution in [-0.2, 0) is 17.8 Å². The van der Waals surface area contributed by atoms with Gasteiger partial charge >= 0.3 is 0 Å². The van der Waals surface area contributed by atoms with E-state index in [4.69, 9.17) is 0 Å². The topological polar surface area (TPSA) is 46.9 Å². The van der Waals surface area contributed by atoms with E-state index in [0.717, 1.165) is 13.0 Å². The van der Waals surface area contributed by atoms with Gasteiger partial charge in [-0.15, -0.1) is 0 Å². The van der Waals surface area contributed by atoms with E-state index in [1.807, 2.05) is 10.8 Å². The van der Waals surface area contributed by atoms with Crippen LogP contribution in [0.15, 0.2) is 43.0 Å². The number of carbonyl (C=O) groups excluding carboxylic acids is 1. The van der Waals surface area contributed by atoms with Gasteiger partial charge in [0.15, 0.2) is 0 Å². The molecule has 1 amide bonds. The molecule has 0 unspecified atom stereocenters. The zero-order chi connectivity index (χ0) is 13.5. The maximum absolute atomic E-state index is 13.3. The first-order chi connectivity index (χ1) is 9.25. The third kappa shape index (κ3) is 4.21. The van der Waals surface area contributed by atoms with Crippen LogP contribution in [0.4, 0.5) is 4.39 Å². The number of benzene rings is 1. The van der Waals surface area contributed by atoms with Crippen LogP contribution in [0.25, 0.3) is 0 Å². The van der Waals surface area contributed by atoms with Crippen LogP contribution in [0.3, 0.4) is 0 Å². The Bertz CT molecular complexity index is 525. The Balaban J connectivity index is 1.69. The molecule has 0 bridgehead atoms. The Morgan fingerprint density at radius 1 is 1.37 bits per heavy atom. The molecule has 19 heavy (non-hydrogen) atoms. The molecule has 5 heteroatoms. The summed E-state index contributed by atoms with van der Waals surface area (Å²) in [7, 11) is 0. The number of nitrogens with zero attached hydrogens (tertiary/aromatic N) is 2. The van der Waals surface area contributed by atoms with E-state index >= 15 is 0 Å². The molecule has 0 spiro atoms. The van der Waals surface area contributed by atoms with Gasteiger partial charge < -0.3 is 9.88 Å². The molecule has 0 aliphatic rings. The van der Waals surface area contributed by atoms with E-state index in [1.165, 1.54) is 6.07 Å². The average Bonchev–Trinajstić information content (AvgIpc) is 2.91. The lowest BCUT2D eigenvalue weighted by Crippen LogP contribution is -2.27. The van der Waals surface area contributed by atoms with Crippen LogP contribution in [-0.4, -0.2) is 22.0 Å². The van der Waals surface area contributed by atoms with Gasteiger partial charge in [-0.2, -0.15) is 0 Å². The molecule has 100 valence electrons. The van der Waals surface area contributed by atoms with Crippen molar-refractivity contribution >= 4 is 5.91 Å². The molecule has 1 heterocycles. The highest BCUT2D eigenvalue weighted by Crippen LogP contribution is 2.06. The maximum atomic E-state index is 13.3. The standard InChI is InChI=1S/C14H16FN3O/c15-13-5-2-1-4-12(13)10-14(19)17-6-3-8-18-9-7-16-11-18/h1-2,4-5,7,9,11H,3,6,8,10H2,(H,17,19). The van der Waals surface area contributed by atoms with Crippen molar-refractivity contribution in [3.05, 3.63) is 54.4 Å². The third-order valence-corrected chi connectivity index (χ3v) is 2.78. The summed E-state index contributed by atoms with van der Waals surface area (Å²) in [5, 5.41) is 2.78. The predicted octanol–water partition coefficient (Wildman–Crippen LogP) is 1.77. The summed E-state index contributed by atoms with van der Waals surface area (Å²) in [5.74, 6) is -0.494. The Morgan fingerprint density at radius 3 is 2.95 bits per heavy atom. The van der Waals surface area contributed by atoms with Crippen LogP contribution < -0.4 is 5.32 Å². The van der Waals surface area contributed by atoms with Crippen molar-refractivity contribution in [3.63, 3.8) is 0 Å². The highest BCUT2D eigenvalue weighted by atomic mass is 19.1. The number of imidazole rings is 1. The lowest BCUT2D eigenvalue weighted by atomic mass is 10.1. The Labute approximate surface area is 111 Å². The Kier molecular flexibility index (Phi) is 4.66. The van der Waals surface area contributed by atoms with E-state index in [-0.39, 0.29) is 18.1 Å². The van der Waals surface area contributed by atoms with Gasteiger partial charge in [0, 0.05) is 25.5 Å². The molecule has 1 aromatic heterocycles. The third-order valence-electron chi connectivity index (χ3n) is 2.78.